The molecule has 0 aromatic heterocycles. The van der Waals surface area contributed by atoms with Gasteiger partial charge in [-0.1, -0.05) is 12.1 Å². The molecule has 1 aromatic carbocycles. The van der Waals surface area contributed by atoms with Gasteiger partial charge in [-0.25, -0.2) is 0 Å². The first-order chi connectivity index (χ1) is 6.81. The Morgan fingerprint density at radius 1 is 1.47 bits per heavy atom. The Labute approximate surface area is 99.2 Å². The molecular weight excluding hydrogens is 236 g/mol. The van der Waals surface area contributed by atoms with E-state index in [1.807, 2.05) is 24.3 Å². The highest BCUT2D eigenvalue weighted by Crippen LogP contribution is 2.33. The first-order valence-electron chi connectivity index (χ1n) is 4.40. The Morgan fingerprint density at radius 3 is 2.93 bits per heavy atom. The molecule has 0 spiro atoms. The van der Waals surface area contributed by atoms with Crippen molar-refractivity contribution in [2.45, 2.75) is 17.3 Å². The second-order valence-electron chi connectivity index (χ2n) is 3.05. The molecule has 1 heterocycles. The maximum absolute atomic E-state index is 9.65. The molecule has 0 saturated carbocycles. The first-order valence-corrected chi connectivity index (χ1v) is 5.39. The van der Waals surface area contributed by atoms with Crippen molar-refractivity contribution < 1.29 is 14.6 Å². The lowest BCUT2D eigenvalue weighted by atomic mass is 10.3. The molecule has 2 atom stereocenters. The van der Waals surface area contributed by atoms with E-state index in [0.29, 0.717) is 5.75 Å². The number of thioether (sulfide) groups is 1. The number of para-hydroxylation sites is 1. The highest BCUT2D eigenvalue weighted by atomic mass is 35.5. The Kier molecular flexibility index (Phi) is 4.73. The van der Waals surface area contributed by atoms with E-state index in [4.69, 9.17) is 9.47 Å². The second-order valence-corrected chi connectivity index (χ2v) is 4.11. The minimum absolute atomic E-state index is 0. The number of rotatable bonds is 1. The third kappa shape index (κ3) is 2.78. The van der Waals surface area contributed by atoms with E-state index in [9.17, 15) is 5.11 Å². The molecule has 84 valence electrons. The molecule has 0 fully saturated rings. The van der Waals surface area contributed by atoms with E-state index in [2.05, 4.69) is 0 Å². The van der Waals surface area contributed by atoms with Gasteiger partial charge in [-0.2, -0.15) is 0 Å². The number of hydrogen-bond donors (Lipinski definition) is 1. The average molecular weight is 249 g/mol. The molecular formula is C10H13ClO3S. The summed E-state index contributed by atoms with van der Waals surface area (Å²) in [5, 5.41) is 9.65. The van der Waals surface area contributed by atoms with E-state index >= 15 is 0 Å². The van der Waals surface area contributed by atoms with Crippen LogP contribution in [-0.2, 0) is 4.74 Å². The Balaban J connectivity index is 0.00000112. The maximum Gasteiger partial charge on any atom is 0.226 e. The van der Waals surface area contributed by atoms with Crippen LogP contribution in [0.5, 0.6) is 5.75 Å². The summed E-state index contributed by atoms with van der Waals surface area (Å²) >= 11 is 1.58. The summed E-state index contributed by atoms with van der Waals surface area (Å²) < 4.78 is 10.6. The van der Waals surface area contributed by atoms with Gasteiger partial charge >= 0.3 is 0 Å². The van der Waals surface area contributed by atoms with Gasteiger partial charge in [0.1, 0.15) is 11.9 Å². The van der Waals surface area contributed by atoms with E-state index in [1.165, 1.54) is 7.11 Å². The number of hydrogen-bond acceptors (Lipinski definition) is 4. The molecule has 1 N–H and O–H groups in total. The van der Waals surface area contributed by atoms with Crippen molar-refractivity contribution in [3.63, 3.8) is 0 Å². The largest absolute Gasteiger partial charge is 0.461 e. The third-order valence-electron chi connectivity index (χ3n) is 2.05. The van der Waals surface area contributed by atoms with Gasteiger partial charge < -0.3 is 14.6 Å². The molecule has 0 radical (unpaired) electrons. The van der Waals surface area contributed by atoms with Crippen LogP contribution in [-0.4, -0.2) is 30.4 Å². The van der Waals surface area contributed by atoms with E-state index in [1.54, 1.807) is 11.8 Å². The average Bonchev–Trinajstić information content (AvgIpc) is 2.38. The Bertz CT molecular complexity index is 321. The number of aliphatic hydroxyl groups excluding tert-OH is 1. The van der Waals surface area contributed by atoms with Crippen molar-refractivity contribution >= 4 is 24.2 Å². The van der Waals surface area contributed by atoms with Crippen molar-refractivity contribution in [1.82, 2.24) is 0 Å². The van der Waals surface area contributed by atoms with Crippen LogP contribution in [0.1, 0.15) is 0 Å². The van der Waals surface area contributed by atoms with Gasteiger partial charge in [0, 0.05) is 17.8 Å². The Hall–Kier alpha value is -0.420. The number of halogens is 1. The SMILES string of the molecule is COC1Oc2ccccc2SCC1O.Cl. The zero-order valence-corrected chi connectivity index (χ0v) is 9.88. The quantitative estimate of drug-likeness (QED) is 0.824. The van der Waals surface area contributed by atoms with Crippen LogP contribution in [0.25, 0.3) is 0 Å². The number of fused-ring (bicyclic) bond motifs is 1. The zero-order chi connectivity index (χ0) is 9.97. The fourth-order valence-electron chi connectivity index (χ4n) is 1.33. The molecule has 1 aliphatic heterocycles. The van der Waals surface area contributed by atoms with Crippen LogP contribution >= 0.6 is 24.2 Å². The van der Waals surface area contributed by atoms with Crippen LogP contribution in [0.3, 0.4) is 0 Å². The number of benzene rings is 1. The van der Waals surface area contributed by atoms with Crippen molar-refractivity contribution in [1.29, 1.82) is 0 Å². The molecule has 1 aromatic rings. The minimum Gasteiger partial charge on any atom is -0.461 e. The van der Waals surface area contributed by atoms with Crippen LogP contribution in [0, 0.1) is 0 Å². The van der Waals surface area contributed by atoms with Crippen LogP contribution < -0.4 is 4.74 Å². The normalized spacial score (nSPS) is 24.4. The molecule has 1 aliphatic rings. The van der Waals surface area contributed by atoms with Gasteiger partial charge in [-0.15, -0.1) is 24.2 Å². The van der Waals surface area contributed by atoms with E-state index < -0.39 is 12.4 Å². The lowest BCUT2D eigenvalue weighted by molar-refractivity contribution is -0.118. The van der Waals surface area contributed by atoms with E-state index in [0.717, 1.165) is 10.6 Å². The monoisotopic (exact) mass is 248 g/mol. The molecule has 3 nitrogen and oxygen atoms in total. The highest BCUT2D eigenvalue weighted by Gasteiger charge is 2.25. The molecule has 0 saturated heterocycles. The van der Waals surface area contributed by atoms with Gasteiger partial charge in [0.2, 0.25) is 6.29 Å². The molecule has 0 aliphatic carbocycles. The highest BCUT2D eigenvalue weighted by molar-refractivity contribution is 7.99. The molecule has 0 amide bonds. The molecule has 0 bridgehead atoms. The lowest BCUT2D eigenvalue weighted by Gasteiger charge is -2.19. The van der Waals surface area contributed by atoms with Crippen LogP contribution in [0.2, 0.25) is 0 Å². The smallest absolute Gasteiger partial charge is 0.226 e. The van der Waals surface area contributed by atoms with Crippen molar-refractivity contribution in [2.75, 3.05) is 12.9 Å². The van der Waals surface area contributed by atoms with Gasteiger partial charge in [0.05, 0.1) is 0 Å². The van der Waals surface area contributed by atoms with Gasteiger partial charge in [0.25, 0.3) is 0 Å². The van der Waals surface area contributed by atoms with Crippen LogP contribution in [0.15, 0.2) is 29.2 Å². The fraction of sp³-hybridized carbons (Fsp3) is 0.400. The summed E-state index contributed by atoms with van der Waals surface area (Å²) in [4.78, 5) is 1.05. The molecule has 2 rings (SSSR count). The number of aliphatic hydroxyl groups is 1. The lowest BCUT2D eigenvalue weighted by Crippen LogP contribution is -2.34. The van der Waals surface area contributed by atoms with Crippen molar-refractivity contribution in [3.8, 4) is 5.75 Å². The summed E-state index contributed by atoms with van der Waals surface area (Å²) in [6, 6.07) is 7.72. The van der Waals surface area contributed by atoms with E-state index in [-0.39, 0.29) is 12.4 Å². The van der Waals surface area contributed by atoms with Crippen LogP contribution in [0.4, 0.5) is 0 Å². The van der Waals surface area contributed by atoms with Crippen molar-refractivity contribution in [3.05, 3.63) is 24.3 Å². The summed E-state index contributed by atoms with van der Waals surface area (Å²) in [7, 11) is 1.53. The summed E-state index contributed by atoms with van der Waals surface area (Å²) in [5.74, 6) is 1.37. The third-order valence-corrected chi connectivity index (χ3v) is 3.20. The summed E-state index contributed by atoms with van der Waals surface area (Å²) in [5.41, 5.74) is 0. The fourth-order valence-corrected chi connectivity index (χ4v) is 2.27. The minimum atomic E-state index is -0.586. The summed E-state index contributed by atoms with van der Waals surface area (Å²) in [6.07, 6.45) is -1.15. The van der Waals surface area contributed by atoms with Gasteiger partial charge in [-0.3, -0.25) is 0 Å². The first kappa shape index (κ1) is 12.6. The predicted octanol–water partition coefficient (Wildman–Crippen LogP) is 1.93. The van der Waals surface area contributed by atoms with Gasteiger partial charge in [0.15, 0.2) is 0 Å². The predicted molar refractivity (Wildman–Crippen MR) is 61.8 cm³/mol. The maximum atomic E-state index is 9.65. The number of methoxy groups -OCH3 is 1. The summed E-state index contributed by atoms with van der Waals surface area (Å²) in [6.45, 7) is 0. The zero-order valence-electron chi connectivity index (χ0n) is 8.25. The molecule has 5 heteroatoms. The Morgan fingerprint density at radius 2 is 2.20 bits per heavy atom. The van der Waals surface area contributed by atoms with Crippen molar-refractivity contribution in [2.24, 2.45) is 0 Å². The molecule has 2 unspecified atom stereocenters. The second kappa shape index (κ2) is 5.61. The van der Waals surface area contributed by atoms with Gasteiger partial charge in [-0.05, 0) is 12.1 Å². The molecule has 15 heavy (non-hydrogen) atoms. The standard InChI is InChI=1S/C10H12O3S.ClH/c1-12-10-7(11)6-14-9-5-3-2-4-8(9)13-10;/h2-5,7,10-11H,6H2,1H3;1H. The topological polar surface area (TPSA) is 38.7 Å². The number of ether oxygens (including phenoxy) is 2.